The summed E-state index contributed by atoms with van der Waals surface area (Å²) in [5.74, 6) is 0.792. The van der Waals surface area contributed by atoms with Crippen LogP contribution >= 0.6 is 0 Å². The second-order valence-electron chi connectivity index (χ2n) is 6.26. The molecule has 0 spiro atoms. The summed E-state index contributed by atoms with van der Waals surface area (Å²) in [7, 11) is 1.79. The van der Waals surface area contributed by atoms with Gasteiger partial charge in [0.15, 0.2) is 5.82 Å². The zero-order valence-electron chi connectivity index (χ0n) is 14.4. The fraction of sp³-hybridized carbons (Fsp3) is 0.389. The minimum Gasteiger partial charge on any atom is -0.360 e. The van der Waals surface area contributed by atoms with Crippen LogP contribution in [0.1, 0.15) is 23.8 Å². The average Bonchev–Trinajstić information content (AvgIpc) is 2.92. The lowest BCUT2D eigenvalue weighted by Crippen LogP contribution is -2.41. The minimum atomic E-state index is -0.561. The summed E-state index contributed by atoms with van der Waals surface area (Å²) in [5, 5.41) is 6.62. The van der Waals surface area contributed by atoms with Crippen LogP contribution in [-0.4, -0.2) is 53.5 Å². The Labute approximate surface area is 146 Å². The molecule has 1 aromatic heterocycles. The van der Waals surface area contributed by atoms with E-state index in [1.54, 1.807) is 24.9 Å². The normalized spacial score (nSPS) is 17.2. The van der Waals surface area contributed by atoms with E-state index in [4.69, 9.17) is 4.52 Å². The molecule has 1 unspecified atom stereocenters. The van der Waals surface area contributed by atoms with Crippen molar-refractivity contribution in [1.29, 1.82) is 0 Å². The molecular formula is C18H22N4O3. The molecular weight excluding hydrogens is 320 g/mol. The van der Waals surface area contributed by atoms with Crippen molar-refractivity contribution in [2.24, 2.45) is 0 Å². The number of rotatable bonds is 4. The van der Waals surface area contributed by atoms with E-state index in [0.717, 1.165) is 12.0 Å². The van der Waals surface area contributed by atoms with Crippen LogP contribution in [0.15, 0.2) is 40.9 Å². The number of nitrogens with zero attached hydrogens (tertiary/aromatic N) is 3. The molecule has 1 aliphatic rings. The molecule has 7 nitrogen and oxygen atoms in total. The SMILES string of the molecule is Cc1cc(NC(=O)C(c2ccccc2)N2CCCN(C)C(=O)C2)no1. The van der Waals surface area contributed by atoms with Crippen LogP contribution in [0.2, 0.25) is 0 Å². The van der Waals surface area contributed by atoms with Crippen molar-refractivity contribution >= 4 is 17.6 Å². The quantitative estimate of drug-likeness (QED) is 0.917. The third kappa shape index (κ3) is 4.06. The van der Waals surface area contributed by atoms with E-state index in [2.05, 4.69) is 10.5 Å². The summed E-state index contributed by atoms with van der Waals surface area (Å²) in [5.41, 5.74) is 0.845. The van der Waals surface area contributed by atoms with Crippen molar-refractivity contribution in [3.05, 3.63) is 47.7 Å². The Hall–Kier alpha value is -2.67. The van der Waals surface area contributed by atoms with Gasteiger partial charge in [-0.3, -0.25) is 14.5 Å². The zero-order valence-corrected chi connectivity index (χ0v) is 14.4. The van der Waals surface area contributed by atoms with Crippen LogP contribution in [0.25, 0.3) is 0 Å². The number of aromatic nitrogens is 1. The van der Waals surface area contributed by atoms with Gasteiger partial charge in [0.25, 0.3) is 0 Å². The van der Waals surface area contributed by atoms with Crippen molar-refractivity contribution in [3.8, 4) is 0 Å². The average molecular weight is 342 g/mol. The summed E-state index contributed by atoms with van der Waals surface area (Å²) in [6.07, 6.45) is 0.821. The summed E-state index contributed by atoms with van der Waals surface area (Å²) in [6, 6.07) is 10.6. The van der Waals surface area contributed by atoms with Crippen LogP contribution in [0.3, 0.4) is 0 Å². The van der Waals surface area contributed by atoms with Crippen molar-refractivity contribution in [1.82, 2.24) is 15.0 Å². The summed E-state index contributed by atoms with van der Waals surface area (Å²) >= 11 is 0. The number of likely N-dealkylation sites (N-methyl/N-ethyl adjacent to an activating group) is 1. The first kappa shape index (κ1) is 17.2. The van der Waals surface area contributed by atoms with E-state index in [-0.39, 0.29) is 18.4 Å². The molecule has 1 atom stereocenters. The maximum absolute atomic E-state index is 13.0. The predicted molar refractivity (Wildman–Crippen MR) is 92.9 cm³/mol. The maximum atomic E-state index is 13.0. The molecule has 0 radical (unpaired) electrons. The van der Waals surface area contributed by atoms with Crippen LogP contribution in [0.5, 0.6) is 0 Å². The first-order valence-electron chi connectivity index (χ1n) is 8.32. The first-order chi connectivity index (χ1) is 12.0. The summed E-state index contributed by atoms with van der Waals surface area (Å²) < 4.78 is 5.01. The molecule has 0 bridgehead atoms. The highest BCUT2D eigenvalue weighted by atomic mass is 16.5. The van der Waals surface area contributed by atoms with Gasteiger partial charge in [-0.05, 0) is 18.9 Å². The van der Waals surface area contributed by atoms with E-state index < -0.39 is 6.04 Å². The van der Waals surface area contributed by atoms with Gasteiger partial charge in [0.1, 0.15) is 11.8 Å². The Morgan fingerprint density at radius 3 is 2.72 bits per heavy atom. The van der Waals surface area contributed by atoms with Gasteiger partial charge >= 0.3 is 0 Å². The number of benzene rings is 1. The number of carbonyl (C=O) groups is 2. The third-order valence-corrected chi connectivity index (χ3v) is 4.31. The third-order valence-electron chi connectivity index (χ3n) is 4.31. The molecule has 0 saturated carbocycles. The van der Waals surface area contributed by atoms with Crippen molar-refractivity contribution in [2.45, 2.75) is 19.4 Å². The standard InChI is InChI=1S/C18H22N4O3/c1-13-11-15(20-25-13)19-18(24)17(14-7-4-3-5-8-14)22-10-6-9-21(2)16(23)12-22/h3-5,7-8,11,17H,6,9-10,12H2,1-2H3,(H,19,20,24). The van der Waals surface area contributed by atoms with Gasteiger partial charge in [-0.15, -0.1) is 0 Å². The predicted octanol–water partition coefficient (Wildman–Crippen LogP) is 1.83. The molecule has 1 saturated heterocycles. The second kappa shape index (κ2) is 7.48. The topological polar surface area (TPSA) is 78.7 Å². The molecule has 25 heavy (non-hydrogen) atoms. The lowest BCUT2D eigenvalue weighted by molar-refractivity contribution is -0.131. The molecule has 1 N–H and O–H groups in total. The lowest BCUT2D eigenvalue weighted by atomic mass is 10.0. The molecule has 2 aromatic rings. The van der Waals surface area contributed by atoms with E-state index >= 15 is 0 Å². The number of amides is 2. The highest BCUT2D eigenvalue weighted by Gasteiger charge is 2.31. The molecule has 7 heteroatoms. The minimum absolute atomic E-state index is 0.0171. The Kier molecular flexibility index (Phi) is 5.14. The number of nitrogens with one attached hydrogen (secondary N) is 1. The number of carbonyl (C=O) groups excluding carboxylic acids is 2. The van der Waals surface area contributed by atoms with Crippen LogP contribution in [-0.2, 0) is 9.59 Å². The number of hydrogen-bond acceptors (Lipinski definition) is 5. The van der Waals surface area contributed by atoms with E-state index in [0.29, 0.717) is 24.7 Å². The molecule has 1 aliphatic heterocycles. The van der Waals surface area contributed by atoms with Crippen molar-refractivity contribution < 1.29 is 14.1 Å². The fourth-order valence-electron chi connectivity index (χ4n) is 3.01. The van der Waals surface area contributed by atoms with Gasteiger partial charge in [0, 0.05) is 26.2 Å². The molecule has 132 valence electrons. The maximum Gasteiger partial charge on any atom is 0.247 e. The Balaban J connectivity index is 1.87. The molecule has 2 amide bonds. The smallest absolute Gasteiger partial charge is 0.247 e. The van der Waals surface area contributed by atoms with Gasteiger partial charge in [-0.2, -0.15) is 0 Å². The number of aryl methyl sites for hydroxylation is 1. The monoisotopic (exact) mass is 342 g/mol. The van der Waals surface area contributed by atoms with Gasteiger partial charge in [0.2, 0.25) is 11.8 Å². The zero-order chi connectivity index (χ0) is 17.8. The molecule has 0 aliphatic carbocycles. The lowest BCUT2D eigenvalue weighted by Gasteiger charge is -2.29. The Morgan fingerprint density at radius 2 is 2.04 bits per heavy atom. The number of hydrogen-bond donors (Lipinski definition) is 1. The molecule has 1 aromatic carbocycles. The molecule has 2 heterocycles. The summed E-state index contributed by atoms with van der Waals surface area (Å²) in [4.78, 5) is 28.9. The van der Waals surface area contributed by atoms with Gasteiger partial charge in [-0.25, -0.2) is 0 Å². The highest BCUT2D eigenvalue weighted by Crippen LogP contribution is 2.24. The Morgan fingerprint density at radius 1 is 1.28 bits per heavy atom. The van der Waals surface area contributed by atoms with Crippen molar-refractivity contribution in [3.63, 3.8) is 0 Å². The van der Waals surface area contributed by atoms with Gasteiger partial charge < -0.3 is 14.7 Å². The highest BCUT2D eigenvalue weighted by molar-refractivity contribution is 5.95. The van der Waals surface area contributed by atoms with Gasteiger partial charge in [0.05, 0.1) is 6.54 Å². The second-order valence-corrected chi connectivity index (χ2v) is 6.26. The van der Waals surface area contributed by atoms with E-state index in [9.17, 15) is 9.59 Å². The molecule has 1 fully saturated rings. The number of anilines is 1. The summed E-state index contributed by atoms with van der Waals surface area (Å²) in [6.45, 7) is 3.34. The van der Waals surface area contributed by atoms with Crippen LogP contribution < -0.4 is 5.32 Å². The molecule has 3 rings (SSSR count). The largest absolute Gasteiger partial charge is 0.360 e. The Bertz CT molecular complexity index is 744. The van der Waals surface area contributed by atoms with Gasteiger partial charge in [-0.1, -0.05) is 35.5 Å². The van der Waals surface area contributed by atoms with E-state index in [1.807, 2.05) is 35.2 Å². The first-order valence-corrected chi connectivity index (χ1v) is 8.32. The van der Waals surface area contributed by atoms with Crippen molar-refractivity contribution in [2.75, 3.05) is 32.0 Å². The van der Waals surface area contributed by atoms with Crippen LogP contribution in [0.4, 0.5) is 5.82 Å². The van der Waals surface area contributed by atoms with E-state index in [1.165, 1.54) is 0 Å². The van der Waals surface area contributed by atoms with Crippen LogP contribution in [0, 0.1) is 6.92 Å². The fourth-order valence-corrected chi connectivity index (χ4v) is 3.01.